The molecule has 1 N–H and O–H groups in total. The van der Waals surface area contributed by atoms with Gasteiger partial charge in [0.1, 0.15) is 0 Å². The van der Waals surface area contributed by atoms with Gasteiger partial charge in [-0.15, -0.1) is 18.2 Å². The van der Waals surface area contributed by atoms with E-state index in [4.69, 9.17) is 6.42 Å². The molecule has 0 bridgehead atoms. The van der Waals surface area contributed by atoms with Crippen LogP contribution >= 0.6 is 11.8 Å². The first-order valence-corrected chi connectivity index (χ1v) is 4.96. The molecule has 0 atom stereocenters. The third kappa shape index (κ3) is 8.83. The lowest BCUT2D eigenvalue weighted by Gasteiger charge is -1.97. The minimum Gasteiger partial charge on any atom is -0.466 e. The molecule has 4 heteroatoms. The van der Waals surface area contributed by atoms with Gasteiger partial charge < -0.3 is 10.1 Å². The maximum Gasteiger partial charge on any atom is 0.331 e. The lowest BCUT2D eigenvalue weighted by atomic mass is 10.6. The molecule has 0 aromatic heterocycles. The Balaban J connectivity index is 3.21. The molecule has 3 nitrogen and oxygen atoms in total. The second kappa shape index (κ2) is 9.01. The number of rotatable bonds is 6. The molecule has 13 heavy (non-hydrogen) atoms. The first kappa shape index (κ1) is 11.9. The molecule has 0 unspecified atom stereocenters. The summed E-state index contributed by atoms with van der Waals surface area (Å²) in [6.45, 7) is 0.792. The number of nitrogens with one attached hydrogen (secondary N) is 1. The van der Waals surface area contributed by atoms with Crippen LogP contribution in [-0.2, 0) is 9.53 Å². The zero-order valence-electron chi connectivity index (χ0n) is 7.58. The first-order chi connectivity index (χ1) is 6.31. The molecule has 0 aromatic carbocycles. The Hall–Kier alpha value is -1.08. The maximum atomic E-state index is 10.6. The van der Waals surface area contributed by atoms with E-state index in [0.29, 0.717) is 0 Å². The highest BCUT2D eigenvalue weighted by Crippen LogP contribution is 1.94. The monoisotopic (exact) mass is 199 g/mol. The van der Waals surface area contributed by atoms with E-state index in [1.54, 1.807) is 18.0 Å². The van der Waals surface area contributed by atoms with Gasteiger partial charge in [0, 0.05) is 24.6 Å². The molecule has 0 fully saturated rings. The number of esters is 1. The number of methoxy groups -OCH3 is 1. The molecule has 0 rings (SSSR count). The van der Waals surface area contributed by atoms with Gasteiger partial charge in [-0.25, -0.2) is 4.79 Å². The minimum atomic E-state index is -0.358. The zero-order chi connectivity index (χ0) is 9.94. The lowest BCUT2D eigenvalue weighted by molar-refractivity contribution is -0.134. The fraction of sp³-hybridized carbons (Fsp3) is 0.444. The van der Waals surface area contributed by atoms with E-state index in [0.717, 1.165) is 18.1 Å². The van der Waals surface area contributed by atoms with E-state index >= 15 is 0 Å². The highest BCUT2D eigenvalue weighted by Gasteiger charge is 1.88. The number of hydrogen-bond donors (Lipinski definition) is 1. The first-order valence-electron chi connectivity index (χ1n) is 3.80. The molecule has 72 valence electrons. The Morgan fingerprint density at radius 2 is 2.54 bits per heavy atom. The van der Waals surface area contributed by atoms with Crippen LogP contribution in [0.25, 0.3) is 0 Å². The topological polar surface area (TPSA) is 38.3 Å². The molecule has 0 radical (unpaired) electrons. The van der Waals surface area contributed by atoms with Crippen LogP contribution in [0.5, 0.6) is 0 Å². The summed E-state index contributed by atoms with van der Waals surface area (Å²) in [5.74, 6) is 3.82. The molecule has 0 aliphatic rings. The van der Waals surface area contributed by atoms with E-state index in [2.05, 4.69) is 16.0 Å². The maximum absolute atomic E-state index is 10.6. The summed E-state index contributed by atoms with van der Waals surface area (Å²) in [6, 6.07) is 0. The summed E-state index contributed by atoms with van der Waals surface area (Å²) in [5.41, 5.74) is 0. The highest BCUT2D eigenvalue weighted by molar-refractivity contribution is 7.99. The van der Waals surface area contributed by atoms with Crippen molar-refractivity contribution in [1.82, 2.24) is 5.32 Å². The average molecular weight is 199 g/mol. The molecule has 0 heterocycles. The number of hydrogen-bond acceptors (Lipinski definition) is 4. The van der Waals surface area contributed by atoms with Crippen LogP contribution in [0.1, 0.15) is 0 Å². The van der Waals surface area contributed by atoms with Crippen LogP contribution in [-0.4, -0.2) is 31.1 Å². The Morgan fingerprint density at radius 1 is 1.77 bits per heavy atom. The van der Waals surface area contributed by atoms with Crippen molar-refractivity contribution < 1.29 is 9.53 Å². The number of carbonyl (C=O) groups excluding carboxylic acids is 1. The standard InChI is InChI=1S/C9H13NO2S/c1-3-7-13-8-6-10-5-4-9(11)12-2/h1,4-5,10H,6-8H2,2H3/b5-4+. The minimum absolute atomic E-state index is 0.358. The summed E-state index contributed by atoms with van der Waals surface area (Å²) in [4.78, 5) is 10.6. The quantitative estimate of drug-likeness (QED) is 0.295. The Kier molecular flexibility index (Phi) is 8.26. The molecule has 0 saturated heterocycles. The van der Waals surface area contributed by atoms with Crippen molar-refractivity contribution in [2.75, 3.05) is 25.2 Å². The number of ether oxygens (including phenoxy) is 1. The second-order valence-electron chi connectivity index (χ2n) is 2.07. The predicted octanol–water partition coefficient (Wildman–Crippen LogP) is 0.629. The molecule has 0 aliphatic carbocycles. The third-order valence-electron chi connectivity index (χ3n) is 1.11. The SMILES string of the molecule is C#CCSCCN/C=C/C(=O)OC. The van der Waals surface area contributed by atoms with Crippen molar-refractivity contribution in [3.8, 4) is 12.3 Å². The predicted molar refractivity (Wildman–Crippen MR) is 55.3 cm³/mol. The third-order valence-corrected chi connectivity index (χ3v) is 1.98. The summed E-state index contributed by atoms with van der Waals surface area (Å²) >= 11 is 1.67. The molecular weight excluding hydrogens is 186 g/mol. The van der Waals surface area contributed by atoms with E-state index in [9.17, 15) is 4.79 Å². The summed E-state index contributed by atoms with van der Waals surface area (Å²) in [7, 11) is 1.34. The molecular formula is C9H13NO2S. The Morgan fingerprint density at radius 3 is 3.15 bits per heavy atom. The molecule has 0 amide bonds. The van der Waals surface area contributed by atoms with Crippen LogP contribution < -0.4 is 5.32 Å². The Bertz CT molecular complexity index is 208. The van der Waals surface area contributed by atoms with Gasteiger partial charge in [0.25, 0.3) is 0 Å². The summed E-state index contributed by atoms with van der Waals surface area (Å²) in [5, 5.41) is 2.94. The zero-order valence-corrected chi connectivity index (χ0v) is 8.39. The molecule has 0 spiro atoms. The van der Waals surface area contributed by atoms with Crippen molar-refractivity contribution in [3.05, 3.63) is 12.3 Å². The van der Waals surface area contributed by atoms with Crippen molar-refractivity contribution in [3.63, 3.8) is 0 Å². The van der Waals surface area contributed by atoms with Gasteiger partial charge >= 0.3 is 5.97 Å². The average Bonchev–Trinajstić information content (AvgIpc) is 2.16. The van der Waals surface area contributed by atoms with Gasteiger partial charge in [0.15, 0.2) is 0 Å². The summed E-state index contributed by atoms with van der Waals surface area (Å²) < 4.78 is 4.40. The molecule has 0 saturated carbocycles. The van der Waals surface area contributed by atoms with Crippen LogP contribution in [0.3, 0.4) is 0 Å². The van der Waals surface area contributed by atoms with Gasteiger partial charge in [-0.2, -0.15) is 0 Å². The van der Waals surface area contributed by atoms with Crippen LogP contribution in [0, 0.1) is 12.3 Å². The van der Waals surface area contributed by atoms with Gasteiger partial charge in [-0.1, -0.05) is 5.92 Å². The van der Waals surface area contributed by atoms with Crippen LogP contribution in [0.15, 0.2) is 12.3 Å². The van der Waals surface area contributed by atoms with Crippen molar-refractivity contribution in [2.24, 2.45) is 0 Å². The smallest absolute Gasteiger partial charge is 0.331 e. The van der Waals surface area contributed by atoms with Crippen LogP contribution in [0.2, 0.25) is 0 Å². The van der Waals surface area contributed by atoms with Gasteiger partial charge in [-0.3, -0.25) is 0 Å². The normalized spacial score (nSPS) is 9.54. The van der Waals surface area contributed by atoms with Crippen LogP contribution in [0.4, 0.5) is 0 Å². The van der Waals surface area contributed by atoms with Crippen molar-refractivity contribution in [1.29, 1.82) is 0 Å². The number of carbonyl (C=O) groups is 1. The van der Waals surface area contributed by atoms with Crippen molar-refractivity contribution >= 4 is 17.7 Å². The van der Waals surface area contributed by atoms with Crippen molar-refractivity contribution in [2.45, 2.75) is 0 Å². The van der Waals surface area contributed by atoms with E-state index < -0.39 is 0 Å². The second-order valence-corrected chi connectivity index (χ2v) is 3.17. The summed E-state index contributed by atoms with van der Waals surface area (Å²) in [6.07, 6.45) is 7.97. The van der Waals surface area contributed by atoms with E-state index in [1.165, 1.54) is 13.2 Å². The molecule has 0 aromatic rings. The van der Waals surface area contributed by atoms with E-state index in [1.807, 2.05) is 0 Å². The lowest BCUT2D eigenvalue weighted by Crippen LogP contribution is -2.10. The highest BCUT2D eigenvalue weighted by atomic mass is 32.2. The number of terminal acetylenes is 1. The fourth-order valence-electron chi connectivity index (χ4n) is 0.541. The van der Waals surface area contributed by atoms with E-state index in [-0.39, 0.29) is 5.97 Å². The fourth-order valence-corrected chi connectivity index (χ4v) is 1.06. The largest absolute Gasteiger partial charge is 0.466 e. The number of thioether (sulfide) groups is 1. The van der Waals surface area contributed by atoms with Gasteiger partial charge in [0.2, 0.25) is 0 Å². The van der Waals surface area contributed by atoms with Gasteiger partial charge in [-0.05, 0) is 0 Å². The molecule has 0 aliphatic heterocycles. The Labute approximate surface area is 82.9 Å². The van der Waals surface area contributed by atoms with Gasteiger partial charge in [0.05, 0.1) is 12.9 Å².